The normalized spacial score (nSPS) is 24.2. The number of halogens is 1. The number of aromatic nitrogens is 2. The summed E-state index contributed by atoms with van der Waals surface area (Å²) in [5, 5.41) is 12.8. The lowest BCUT2D eigenvalue weighted by molar-refractivity contribution is 0.129. The van der Waals surface area contributed by atoms with E-state index in [-0.39, 0.29) is 30.5 Å². The molecule has 0 bridgehead atoms. The van der Waals surface area contributed by atoms with Crippen LogP contribution in [0.25, 0.3) is 0 Å². The molecule has 1 amide bonds. The molecule has 0 aliphatic heterocycles. The van der Waals surface area contributed by atoms with E-state index in [1.165, 1.54) is 25.0 Å². The average Bonchev–Trinajstić information content (AvgIpc) is 3.41. The number of anilines is 1. The molecule has 50 heavy (non-hydrogen) atoms. The van der Waals surface area contributed by atoms with E-state index >= 15 is 0 Å². The molecule has 1 N–H and O–H groups in total. The first-order valence-electron chi connectivity index (χ1n) is 18.7. The fraction of sp³-hybridized carbons (Fsp3) is 0.585. The summed E-state index contributed by atoms with van der Waals surface area (Å²) in [6, 6.07) is 13.8. The summed E-state index contributed by atoms with van der Waals surface area (Å²) in [6.45, 7) is 17.8. The van der Waals surface area contributed by atoms with E-state index in [1.807, 2.05) is 38.1 Å². The molecule has 272 valence electrons. The highest BCUT2D eigenvalue weighted by Gasteiger charge is 2.40. The van der Waals surface area contributed by atoms with Crippen LogP contribution in [0, 0.1) is 41.3 Å². The number of oxime groups is 1. The zero-order valence-corrected chi connectivity index (χ0v) is 31.2. The van der Waals surface area contributed by atoms with E-state index in [0.29, 0.717) is 52.8 Å². The second-order valence-corrected chi connectivity index (χ2v) is 15.7. The van der Waals surface area contributed by atoms with E-state index in [0.717, 1.165) is 42.5 Å². The highest BCUT2D eigenvalue weighted by molar-refractivity contribution is 5.85. The predicted molar refractivity (Wildman–Crippen MR) is 197 cm³/mol. The van der Waals surface area contributed by atoms with Crippen molar-refractivity contribution in [2.45, 2.75) is 119 Å². The van der Waals surface area contributed by atoms with Gasteiger partial charge in [-0.05, 0) is 117 Å². The highest BCUT2D eigenvalue weighted by Crippen LogP contribution is 2.49. The Labute approximate surface area is 298 Å². The number of ether oxygens (including phenoxy) is 2. The minimum Gasteiger partial charge on any atom is -0.447 e. The van der Waals surface area contributed by atoms with Gasteiger partial charge in [0.1, 0.15) is 18.2 Å². The molecule has 6 unspecified atom stereocenters. The zero-order valence-electron chi connectivity index (χ0n) is 31.2. The SMILES string of the molecule is CC1CCC(C(C)C)C(c2nn(C3CC(C)CCC3C(C)C)c(Oc3ccc(F)cc3)c2C=NOCc2ccc(NC(=O)OC(C)C)cc2)C1. The second kappa shape index (κ2) is 16.9. The Morgan fingerprint density at radius 1 is 0.920 bits per heavy atom. The Morgan fingerprint density at radius 3 is 2.20 bits per heavy atom. The van der Waals surface area contributed by atoms with Crippen LogP contribution in [0.4, 0.5) is 14.9 Å². The van der Waals surface area contributed by atoms with Crippen LogP contribution in [0.1, 0.15) is 123 Å². The van der Waals surface area contributed by atoms with Crippen LogP contribution in [0.5, 0.6) is 11.6 Å². The van der Waals surface area contributed by atoms with Crippen molar-refractivity contribution >= 4 is 18.0 Å². The van der Waals surface area contributed by atoms with Crippen molar-refractivity contribution < 1.29 is 23.5 Å². The van der Waals surface area contributed by atoms with Crippen LogP contribution in [0.3, 0.4) is 0 Å². The van der Waals surface area contributed by atoms with Gasteiger partial charge in [0.2, 0.25) is 5.88 Å². The number of nitrogens with one attached hydrogen (secondary N) is 1. The first-order valence-corrected chi connectivity index (χ1v) is 18.7. The van der Waals surface area contributed by atoms with Gasteiger partial charge in [0.05, 0.1) is 29.6 Å². The molecule has 2 aromatic carbocycles. The van der Waals surface area contributed by atoms with Crippen LogP contribution >= 0.6 is 0 Å². The molecule has 2 aliphatic carbocycles. The predicted octanol–water partition coefficient (Wildman–Crippen LogP) is 11.1. The Morgan fingerprint density at radius 2 is 1.56 bits per heavy atom. The maximum absolute atomic E-state index is 14.0. The number of carbonyl (C=O) groups excluding carboxylic acids is 1. The molecular weight excluding hydrogens is 631 g/mol. The summed E-state index contributed by atoms with van der Waals surface area (Å²) in [5.74, 6) is 4.23. The minimum atomic E-state index is -0.488. The quantitative estimate of drug-likeness (QED) is 0.151. The summed E-state index contributed by atoms with van der Waals surface area (Å²) in [4.78, 5) is 17.9. The van der Waals surface area contributed by atoms with Gasteiger partial charge in [-0.2, -0.15) is 5.10 Å². The van der Waals surface area contributed by atoms with E-state index < -0.39 is 6.09 Å². The lowest BCUT2D eigenvalue weighted by Crippen LogP contribution is -2.31. The third-order valence-electron chi connectivity index (χ3n) is 10.7. The summed E-state index contributed by atoms with van der Waals surface area (Å²) in [6.07, 6.45) is 7.89. The Kier molecular flexibility index (Phi) is 12.6. The molecule has 5 rings (SSSR count). The van der Waals surface area contributed by atoms with Crippen molar-refractivity contribution in [3.05, 3.63) is 71.2 Å². The van der Waals surface area contributed by atoms with Crippen LogP contribution in [0.15, 0.2) is 53.7 Å². The summed E-state index contributed by atoms with van der Waals surface area (Å²) < 4.78 is 28.1. The van der Waals surface area contributed by atoms with Crippen LogP contribution < -0.4 is 10.1 Å². The van der Waals surface area contributed by atoms with Crippen LogP contribution in [0.2, 0.25) is 0 Å². The lowest BCUT2D eigenvalue weighted by Gasteiger charge is -2.38. The molecule has 0 radical (unpaired) electrons. The molecule has 2 fully saturated rings. The Balaban J connectivity index is 1.51. The number of nitrogens with zero attached hydrogens (tertiary/aromatic N) is 3. The highest BCUT2D eigenvalue weighted by atomic mass is 19.1. The average molecular weight is 689 g/mol. The van der Waals surface area contributed by atoms with Gasteiger partial charge < -0.3 is 14.3 Å². The molecule has 9 heteroatoms. The van der Waals surface area contributed by atoms with Crippen molar-refractivity contribution in [1.82, 2.24) is 9.78 Å². The number of hydrogen-bond acceptors (Lipinski definition) is 6. The van der Waals surface area contributed by atoms with Gasteiger partial charge in [0.15, 0.2) is 0 Å². The molecule has 1 heterocycles. The molecule has 3 aromatic rings. The van der Waals surface area contributed by atoms with E-state index in [9.17, 15) is 9.18 Å². The van der Waals surface area contributed by atoms with Gasteiger partial charge in [-0.1, -0.05) is 71.7 Å². The number of amides is 1. The number of rotatable bonds is 12. The number of carbonyl (C=O) groups is 1. The molecule has 2 aliphatic rings. The maximum Gasteiger partial charge on any atom is 0.411 e. The van der Waals surface area contributed by atoms with Crippen molar-refractivity contribution in [1.29, 1.82) is 0 Å². The molecule has 1 aromatic heterocycles. The van der Waals surface area contributed by atoms with Gasteiger partial charge in [0.25, 0.3) is 0 Å². The molecule has 0 spiro atoms. The third-order valence-corrected chi connectivity index (χ3v) is 10.7. The summed E-state index contributed by atoms with van der Waals surface area (Å²) in [5.41, 5.74) is 3.40. The van der Waals surface area contributed by atoms with E-state index in [2.05, 4.69) is 56.7 Å². The third kappa shape index (κ3) is 9.46. The van der Waals surface area contributed by atoms with Gasteiger partial charge in [-0.3, -0.25) is 5.32 Å². The van der Waals surface area contributed by atoms with Crippen molar-refractivity contribution in [3.8, 4) is 11.6 Å². The molecular formula is C41H57FN4O4. The Bertz CT molecular complexity index is 1570. The Hall–Kier alpha value is -3.88. The van der Waals surface area contributed by atoms with E-state index in [1.54, 1.807) is 18.3 Å². The van der Waals surface area contributed by atoms with Crippen LogP contribution in [-0.2, 0) is 16.2 Å². The first kappa shape index (κ1) is 37.4. The molecule has 0 saturated heterocycles. The fourth-order valence-electron chi connectivity index (χ4n) is 7.98. The summed E-state index contributed by atoms with van der Waals surface area (Å²) in [7, 11) is 0. The lowest BCUT2D eigenvalue weighted by atomic mass is 9.68. The van der Waals surface area contributed by atoms with Gasteiger partial charge in [0, 0.05) is 11.6 Å². The van der Waals surface area contributed by atoms with Crippen molar-refractivity contribution in [2.24, 2.45) is 40.7 Å². The topological polar surface area (TPSA) is 87.0 Å². The minimum absolute atomic E-state index is 0.166. The zero-order chi connectivity index (χ0) is 35.9. The molecule has 6 atom stereocenters. The van der Waals surface area contributed by atoms with Crippen molar-refractivity contribution in [2.75, 3.05) is 5.32 Å². The van der Waals surface area contributed by atoms with Crippen LogP contribution in [-0.4, -0.2) is 28.2 Å². The molecule has 8 nitrogen and oxygen atoms in total. The smallest absolute Gasteiger partial charge is 0.411 e. The largest absolute Gasteiger partial charge is 0.447 e. The standard InChI is InChI=1S/C41H57FN4O4/c1-25(2)34-19-9-28(7)21-36(34)39-37(23-43-48-24-30-11-15-32(16-12-30)44-41(47)49-27(5)6)40(50-33-17-13-31(42)14-18-33)46(45-39)38-22-29(8)10-20-35(38)26(3)4/h11-18,23,25-29,34-36,38H,9-10,19-22,24H2,1-8H3,(H,44,47). The summed E-state index contributed by atoms with van der Waals surface area (Å²) >= 11 is 0. The maximum atomic E-state index is 14.0. The monoisotopic (exact) mass is 688 g/mol. The van der Waals surface area contributed by atoms with Gasteiger partial charge in [-0.15, -0.1) is 0 Å². The second-order valence-electron chi connectivity index (χ2n) is 15.7. The fourth-order valence-corrected chi connectivity index (χ4v) is 7.98. The molecule has 2 saturated carbocycles. The number of hydrogen-bond donors (Lipinski definition) is 1. The van der Waals surface area contributed by atoms with Gasteiger partial charge in [-0.25, -0.2) is 13.9 Å². The van der Waals surface area contributed by atoms with Gasteiger partial charge >= 0.3 is 6.09 Å². The van der Waals surface area contributed by atoms with E-state index in [4.69, 9.17) is 19.4 Å². The van der Waals surface area contributed by atoms with Crippen molar-refractivity contribution in [3.63, 3.8) is 0 Å². The first-order chi connectivity index (χ1) is 23.9. The number of benzene rings is 2.